The summed E-state index contributed by atoms with van der Waals surface area (Å²) in [6.07, 6.45) is 1.08. The van der Waals surface area contributed by atoms with E-state index in [4.69, 9.17) is 14.2 Å². The summed E-state index contributed by atoms with van der Waals surface area (Å²) in [5.41, 5.74) is 0.433. The largest absolute Gasteiger partial charge is 0.488 e. The zero-order valence-electron chi connectivity index (χ0n) is 14.6. The van der Waals surface area contributed by atoms with Crippen molar-refractivity contribution in [1.82, 2.24) is 4.90 Å². The second-order valence-electron chi connectivity index (χ2n) is 7.13. The van der Waals surface area contributed by atoms with Gasteiger partial charge in [-0.2, -0.15) is 0 Å². The van der Waals surface area contributed by atoms with E-state index in [-0.39, 0.29) is 23.8 Å². The van der Waals surface area contributed by atoms with E-state index in [1.54, 1.807) is 4.90 Å². The van der Waals surface area contributed by atoms with Gasteiger partial charge in [-0.25, -0.2) is 4.79 Å². The average molecular weight is 334 g/mol. The summed E-state index contributed by atoms with van der Waals surface area (Å²) >= 11 is 0. The molecule has 0 saturated carbocycles. The Labute approximate surface area is 143 Å². The molecule has 1 N–H and O–H groups in total. The molecule has 2 saturated heterocycles. The smallest absolute Gasteiger partial charge is 0.322 e. The second-order valence-corrected chi connectivity index (χ2v) is 7.13. The number of amides is 2. The molecule has 6 nitrogen and oxygen atoms in total. The molecule has 0 unspecified atom stereocenters. The van der Waals surface area contributed by atoms with Crippen molar-refractivity contribution >= 4 is 11.7 Å². The summed E-state index contributed by atoms with van der Waals surface area (Å²) in [6, 6.07) is 7.37. The Morgan fingerprint density at radius 2 is 2.08 bits per heavy atom. The predicted octanol–water partition coefficient (Wildman–Crippen LogP) is 2.89. The first kappa shape index (κ1) is 17.0. The van der Waals surface area contributed by atoms with E-state index in [1.165, 1.54) is 0 Å². The van der Waals surface area contributed by atoms with Crippen molar-refractivity contribution in [2.24, 2.45) is 0 Å². The van der Waals surface area contributed by atoms with E-state index < -0.39 is 0 Å². The molecule has 2 atom stereocenters. The van der Waals surface area contributed by atoms with Crippen LogP contribution in [0.25, 0.3) is 0 Å². The fourth-order valence-electron chi connectivity index (χ4n) is 3.23. The number of nitrogens with one attached hydrogen (secondary N) is 1. The minimum absolute atomic E-state index is 0.0314. The van der Waals surface area contributed by atoms with Gasteiger partial charge in [-0.15, -0.1) is 0 Å². The van der Waals surface area contributed by atoms with E-state index in [1.807, 2.05) is 45.0 Å². The Bertz CT molecular complexity index is 567. The zero-order chi connectivity index (χ0) is 17.2. The Balaban J connectivity index is 1.56. The number of hydrogen-bond donors (Lipinski definition) is 1. The number of ether oxygens (including phenoxy) is 3. The van der Waals surface area contributed by atoms with Gasteiger partial charge in [0.25, 0.3) is 0 Å². The highest BCUT2D eigenvalue weighted by atomic mass is 16.5. The molecule has 0 aromatic heterocycles. The number of benzene rings is 1. The quantitative estimate of drug-likeness (QED) is 0.923. The maximum Gasteiger partial charge on any atom is 0.322 e. The number of anilines is 1. The van der Waals surface area contributed by atoms with Crippen LogP contribution < -0.4 is 10.1 Å². The minimum atomic E-state index is -0.323. The molecule has 1 aromatic rings. The van der Waals surface area contributed by atoms with Gasteiger partial charge in [0.15, 0.2) is 0 Å². The van der Waals surface area contributed by atoms with Crippen molar-refractivity contribution in [2.45, 2.75) is 45.0 Å². The highest BCUT2D eigenvalue weighted by molar-refractivity contribution is 5.89. The summed E-state index contributed by atoms with van der Waals surface area (Å²) < 4.78 is 17.0. The van der Waals surface area contributed by atoms with Gasteiger partial charge in [0.1, 0.15) is 11.9 Å². The van der Waals surface area contributed by atoms with Crippen LogP contribution in [0.15, 0.2) is 24.3 Å². The van der Waals surface area contributed by atoms with E-state index in [0.29, 0.717) is 19.7 Å². The number of carbonyl (C=O) groups is 1. The summed E-state index contributed by atoms with van der Waals surface area (Å²) in [7, 11) is 0. The third-order valence-electron chi connectivity index (χ3n) is 4.15. The fourth-order valence-corrected chi connectivity index (χ4v) is 3.23. The first-order valence-electron chi connectivity index (χ1n) is 8.49. The Morgan fingerprint density at radius 3 is 2.71 bits per heavy atom. The molecule has 132 valence electrons. The fraction of sp³-hybridized carbons (Fsp3) is 0.611. The lowest BCUT2D eigenvalue weighted by Gasteiger charge is -2.41. The van der Waals surface area contributed by atoms with Gasteiger partial charge in [-0.05, 0) is 45.0 Å². The highest BCUT2D eigenvalue weighted by Gasteiger charge is 2.33. The van der Waals surface area contributed by atoms with Crippen LogP contribution in [0.2, 0.25) is 0 Å². The van der Waals surface area contributed by atoms with Crippen LogP contribution in [0.4, 0.5) is 10.5 Å². The van der Waals surface area contributed by atoms with Gasteiger partial charge < -0.3 is 24.4 Å². The van der Waals surface area contributed by atoms with E-state index in [0.717, 1.165) is 24.5 Å². The van der Waals surface area contributed by atoms with Crippen molar-refractivity contribution < 1.29 is 19.0 Å². The van der Waals surface area contributed by atoms with Gasteiger partial charge in [-0.3, -0.25) is 0 Å². The van der Waals surface area contributed by atoms with Crippen LogP contribution in [-0.4, -0.2) is 55.0 Å². The molecular weight excluding hydrogens is 308 g/mol. The Morgan fingerprint density at radius 1 is 1.33 bits per heavy atom. The number of hydrogen-bond acceptors (Lipinski definition) is 4. The molecule has 2 aliphatic heterocycles. The number of nitrogens with zero attached hydrogens (tertiary/aromatic N) is 1. The molecule has 0 aliphatic carbocycles. The van der Waals surface area contributed by atoms with Gasteiger partial charge in [0.05, 0.1) is 31.5 Å². The average Bonchev–Trinajstić information content (AvgIpc) is 3.00. The van der Waals surface area contributed by atoms with Crippen molar-refractivity contribution in [3.8, 4) is 5.75 Å². The lowest BCUT2D eigenvalue weighted by atomic mass is 10.1. The molecule has 6 heteroatoms. The third-order valence-corrected chi connectivity index (χ3v) is 4.15. The number of urea groups is 1. The molecular formula is C18H26N2O4. The maximum absolute atomic E-state index is 12.5. The van der Waals surface area contributed by atoms with Gasteiger partial charge >= 0.3 is 6.03 Å². The zero-order valence-corrected chi connectivity index (χ0v) is 14.6. The summed E-state index contributed by atoms with van der Waals surface area (Å²) in [4.78, 5) is 14.3. The third kappa shape index (κ3) is 4.39. The van der Waals surface area contributed by atoms with Gasteiger partial charge in [0.2, 0.25) is 0 Å². The highest BCUT2D eigenvalue weighted by Crippen LogP contribution is 2.23. The molecule has 0 bridgehead atoms. The van der Waals surface area contributed by atoms with Crippen molar-refractivity contribution in [2.75, 3.05) is 31.6 Å². The monoisotopic (exact) mass is 334 g/mol. The van der Waals surface area contributed by atoms with Crippen LogP contribution in [0.3, 0.4) is 0 Å². The van der Waals surface area contributed by atoms with Crippen molar-refractivity contribution in [1.29, 1.82) is 0 Å². The molecule has 0 radical (unpaired) electrons. The predicted molar refractivity (Wildman–Crippen MR) is 91.5 cm³/mol. The van der Waals surface area contributed by atoms with Gasteiger partial charge in [0, 0.05) is 18.7 Å². The van der Waals surface area contributed by atoms with Crippen molar-refractivity contribution in [3.05, 3.63) is 24.3 Å². The maximum atomic E-state index is 12.5. The Kier molecular flexibility index (Phi) is 4.96. The first-order valence-corrected chi connectivity index (χ1v) is 8.49. The second kappa shape index (κ2) is 6.99. The molecule has 2 amide bonds. The summed E-state index contributed by atoms with van der Waals surface area (Å²) in [5, 5.41) is 2.94. The van der Waals surface area contributed by atoms with Crippen LogP contribution in [0.1, 0.15) is 27.2 Å². The van der Waals surface area contributed by atoms with Crippen LogP contribution in [0, 0.1) is 0 Å². The summed E-state index contributed by atoms with van der Waals surface area (Å²) in [6.45, 7) is 8.56. The molecule has 24 heavy (non-hydrogen) atoms. The minimum Gasteiger partial charge on any atom is -0.488 e. The summed E-state index contributed by atoms with van der Waals surface area (Å²) in [5.74, 6) is 0.796. The Hall–Kier alpha value is -1.79. The van der Waals surface area contributed by atoms with Crippen LogP contribution in [-0.2, 0) is 9.47 Å². The first-order chi connectivity index (χ1) is 11.4. The number of carbonyl (C=O) groups excluding carboxylic acids is 1. The molecule has 2 fully saturated rings. The number of morpholine rings is 1. The lowest BCUT2D eigenvalue weighted by molar-refractivity contribution is -0.116. The molecule has 2 aliphatic rings. The lowest BCUT2D eigenvalue weighted by Crippen LogP contribution is -2.54. The molecule has 3 rings (SSSR count). The molecule has 1 aromatic carbocycles. The SMILES string of the molecule is C[C@H]1CN(C(=O)Nc2ccc(O[C@H]3CCOC3)cc2)CC(C)(C)O1. The normalized spacial score (nSPS) is 26.2. The molecule has 0 spiro atoms. The van der Waals surface area contributed by atoms with Crippen LogP contribution in [0.5, 0.6) is 5.75 Å². The topological polar surface area (TPSA) is 60.0 Å². The number of rotatable bonds is 3. The van der Waals surface area contributed by atoms with Crippen LogP contribution >= 0.6 is 0 Å². The van der Waals surface area contributed by atoms with E-state index in [2.05, 4.69) is 5.32 Å². The standard InChI is InChI=1S/C18H26N2O4/c1-13-10-20(12-18(2,3)24-13)17(21)19-14-4-6-15(7-5-14)23-16-8-9-22-11-16/h4-7,13,16H,8-12H2,1-3H3,(H,19,21)/t13-,16-/m0/s1. The van der Waals surface area contributed by atoms with Crippen molar-refractivity contribution in [3.63, 3.8) is 0 Å². The van der Waals surface area contributed by atoms with Gasteiger partial charge in [-0.1, -0.05) is 0 Å². The van der Waals surface area contributed by atoms with E-state index in [9.17, 15) is 4.79 Å². The van der Waals surface area contributed by atoms with E-state index >= 15 is 0 Å². The molecule has 2 heterocycles.